The zero-order chi connectivity index (χ0) is 18.6. The normalized spacial score (nSPS) is 11.1. The number of carbonyl (C=O) groups is 1. The van der Waals surface area contributed by atoms with Gasteiger partial charge in [-0.2, -0.15) is 0 Å². The maximum Gasteiger partial charge on any atom is 0.305 e. The minimum atomic E-state index is -4.20. The first-order valence-corrected chi connectivity index (χ1v) is 8.78. The second-order valence-corrected chi connectivity index (χ2v) is 7.25. The molecule has 0 heterocycles. The van der Waals surface area contributed by atoms with Crippen molar-refractivity contribution >= 4 is 39.0 Å². The molecule has 0 radical (unpaired) electrons. The molecule has 0 spiro atoms. The minimum absolute atomic E-state index is 0.206. The van der Waals surface area contributed by atoms with Crippen molar-refractivity contribution in [3.8, 4) is 0 Å². The summed E-state index contributed by atoms with van der Waals surface area (Å²) in [6.07, 6.45) is -0.434. The first-order chi connectivity index (χ1) is 11.7. The highest BCUT2D eigenvalue weighted by Gasteiger charge is 2.27. The van der Waals surface area contributed by atoms with Crippen LogP contribution in [0.2, 0.25) is 5.02 Å². The predicted molar refractivity (Wildman–Crippen MR) is 91.3 cm³/mol. The molecular formula is C15H13ClN2O6S. The summed E-state index contributed by atoms with van der Waals surface area (Å²) in [5, 5.41) is 20.1. The van der Waals surface area contributed by atoms with E-state index in [1.807, 2.05) is 0 Å². The minimum Gasteiger partial charge on any atom is -0.481 e. The van der Waals surface area contributed by atoms with Gasteiger partial charge in [-0.05, 0) is 30.3 Å². The lowest BCUT2D eigenvalue weighted by Gasteiger charge is -2.24. The first kappa shape index (κ1) is 18.7. The Morgan fingerprint density at radius 3 is 2.40 bits per heavy atom. The average molecular weight is 385 g/mol. The molecule has 0 aliphatic heterocycles. The summed E-state index contributed by atoms with van der Waals surface area (Å²) in [6.45, 7) is -0.331. The Morgan fingerprint density at radius 1 is 1.20 bits per heavy atom. The third-order valence-corrected chi connectivity index (χ3v) is 5.34. The molecule has 0 atom stereocenters. The van der Waals surface area contributed by atoms with Crippen molar-refractivity contribution in [1.82, 2.24) is 0 Å². The quantitative estimate of drug-likeness (QED) is 0.579. The van der Waals surface area contributed by atoms with Gasteiger partial charge in [0, 0.05) is 23.7 Å². The van der Waals surface area contributed by atoms with E-state index < -0.39 is 27.3 Å². The lowest BCUT2D eigenvalue weighted by Crippen LogP contribution is -2.33. The number of hydrogen-bond donors (Lipinski definition) is 1. The molecule has 0 fully saturated rings. The zero-order valence-electron chi connectivity index (χ0n) is 12.7. The number of nitro benzene ring substituents is 1. The topological polar surface area (TPSA) is 118 Å². The first-order valence-electron chi connectivity index (χ1n) is 6.96. The summed E-state index contributed by atoms with van der Waals surface area (Å²) < 4.78 is 26.7. The van der Waals surface area contributed by atoms with Crippen LogP contribution in [0.3, 0.4) is 0 Å². The second-order valence-electron chi connectivity index (χ2n) is 4.95. The van der Waals surface area contributed by atoms with Crippen molar-refractivity contribution in [3.63, 3.8) is 0 Å². The Hall–Kier alpha value is -2.65. The SMILES string of the molecule is O=C(O)CCN(c1ccc(Cl)cc1)S(=O)(=O)c1cccc([N+](=O)[O-])c1. The lowest BCUT2D eigenvalue weighted by atomic mass is 10.3. The van der Waals surface area contributed by atoms with Crippen LogP contribution in [0.25, 0.3) is 0 Å². The number of halogens is 1. The molecule has 0 aromatic heterocycles. The van der Waals surface area contributed by atoms with Crippen LogP contribution in [-0.2, 0) is 14.8 Å². The fourth-order valence-electron chi connectivity index (χ4n) is 2.08. The number of sulfonamides is 1. The summed E-state index contributed by atoms with van der Waals surface area (Å²) in [5.41, 5.74) is -0.174. The maximum absolute atomic E-state index is 12.9. The summed E-state index contributed by atoms with van der Waals surface area (Å²) in [7, 11) is -4.20. The third-order valence-electron chi connectivity index (χ3n) is 3.26. The van der Waals surface area contributed by atoms with Crippen LogP contribution in [0.4, 0.5) is 11.4 Å². The van der Waals surface area contributed by atoms with E-state index >= 15 is 0 Å². The molecule has 10 heteroatoms. The fourth-order valence-corrected chi connectivity index (χ4v) is 3.71. The van der Waals surface area contributed by atoms with E-state index in [9.17, 15) is 23.3 Å². The monoisotopic (exact) mass is 384 g/mol. The van der Waals surface area contributed by atoms with Crippen LogP contribution in [0.15, 0.2) is 53.4 Å². The number of non-ortho nitro benzene ring substituents is 1. The van der Waals surface area contributed by atoms with Gasteiger partial charge in [0.15, 0.2) is 0 Å². The van der Waals surface area contributed by atoms with E-state index in [2.05, 4.69) is 0 Å². The van der Waals surface area contributed by atoms with E-state index in [0.717, 1.165) is 10.4 Å². The van der Waals surface area contributed by atoms with Crippen LogP contribution in [0.5, 0.6) is 0 Å². The van der Waals surface area contributed by atoms with Crippen molar-refractivity contribution in [2.24, 2.45) is 0 Å². The number of nitrogens with zero attached hydrogens (tertiary/aromatic N) is 2. The lowest BCUT2D eigenvalue weighted by molar-refractivity contribution is -0.385. The second kappa shape index (κ2) is 7.49. The van der Waals surface area contributed by atoms with E-state index in [-0.39, 0.29) is 22.8 Å². The molecule has 2 aromatic carbocycles. The standard InChI is InChI=1S/C15H13ClN2O6S/c16-11-4-6-12(7-5-11)17(9-8-15(19)20)25(23,24)14-3-1-2-13(10-14)18(21)22/h1-7,10H,8-9H2,(H,19,20). The van der Waals surface area contributed by atoms with Crippen LogP contribution >= 0.6 is 11.6 Å². The van der Waals surface area contributed by atoms with Gasteiger partial charge in [0.1, 0.15) is 0 Å². The summed E-state index contributed by atoms with van der Waals surface area (Å²) in [5.74, 6) is -1.17. The largest absolute Gasteiger partial charge is 0.481 e. The number of anilines is 1. The summed E-state index contributed by atoms with van der Waals surface area (Å²) in [4.78, 5) is 20.7. The van der Waals surface area contributed by atoms with Gasteiger partial charge in [-0.15, -0.1) is 0 Å². The van der Waals surface area contributed by atoms with Gasteiger partial charge in [-0.1, -0.05) is 17.7 Å². The van der Waals surface area contributed by atoms with E-state index in [1.165, 1.54) is 42.5 Å². The van der Waals surface area contributed by atoms with Crippen LogP contribution in [0.1, 0.15) is 6.42 Å². The zero-order valence-corrected chi connectivity index (χ0v) is 14.3. The predicted octanol–water partition coefficient (Wildman–Crippen LogP) is 2.92. The summed E-state index contributed by atoms with van der Waals surface area (Å²) in [6, 6.07) is 10.4. The average Bonchev–Trinajstić information content (AvgIpc) is 2.56. The van der Waals surface area contributed by atoms with Crippen molar-refractivity contribution < 1.29 is 23.2 Å². The molecule has 0 bridgehead atoms. The Balaban J connectivity index is 2.50. The molecule has 0 saturated carbocycles. The van der Waals surface area contributed by atoms with Gasteiger partial charge < -0.3 is 5.11 Å². The molecule has 8 nitrogen and oxygen atoms in total. The number of rotatable bonds is 7. The van der Waals surface area contributed by atoms with E-state index in [1.54, 1.807) is 0 Å². The van der Waals surface area contributed by atoms with Gasteiger partial charge >= 0.3 is 5.97 Å². The number of benzene rings is 2. The van der Waals surface area contributed by atoms with Crippen molar-refractivity contribution in [2.75, 3.05) is 10.8 Å². The molecule has 0 aliphatic carbocycles. The number of nitro groups is 1. The molecule has 25 heavy (non-hydrogen) atoms. The number of carboxylic acid groups (broad SMARTS) is 1. The highest BCUT2D eigenvalue weighted by Crippen LogP contribution is 2.27. The van der Waals surface area contributed by atoms with Gasteiger partial charge in [-0.3, -0.25) is 19.2 Å². The maximum atomic E-state index is 12.9. The molecule has 0 amide bonds. The van der Waals surface area contributed by atoms with Gasteiger partial charge in [0.25, 0.3) is 15.7 Å². The Kier molecular flexibility index (Phi) is 5.60. The molecule has 0 saturated heterocycles. The van der Waals surface area contributed by atoms with E-state index in [4.69, 9.17) is 16.7 Å². The molecule has 2 aromatic rings. The molecule has 0 aliphatic rings. The summed E-state index contributed by atoms with van der Waals surface area (Å²) >= 11 is 5.79. The molecule has 1 N–H and O–H groups in total. The fraction of sp³-hybridized carbons (Fsp3) is 0.133. The van der Waals surface area contributed by atoms with Crippen LogP contribution in [-0.4, -0.2) is 31.0 Å². The van der Waals surface area contributed by atoms with Gasteiger partial charge in [0.05, 0.1) is 21.9 Å². The number of carboxylic acids is 1. The van der Waals surface area contributed by atoms with Crippen molar-refractivity contribution in [2.45, 2.75) is 11.3 Å². The molecule has 2 rings (SSSR count). The smallest absolute Gasteiger partial charge is 0.305 e. The van der Waals surface area contributed by atoms with Gasteiger partial charge in [-0.25, -0.2) is 8.42 Å². The third kappa shape index (κ3) is 4.46. The van der Waals surface area contributed by atoms with Crippen LogP contribution < -0.4 is 4.31 Å². The highest BCUT2D eigenvalue weighted by atomic mass is 35.5. The Labute approximate surface area is 148 Å². The van der Waals surface area contributed by atoms with Gasteiger partial charge in [0.2, 0.25) is 0 Å². The Morgan fingerprint density at radius 2 is 1.84 bits per heavy atom. The van der Waals surface area contributed by atoms with Crippen molar-refractivity contribution in [3.05, 3.63) is 63.7 Å². The molecule has 0 unspecified atom stereocenters. The van der Waals surface area contributed by atoms with Crippen molar-refractivity contribution in [1.29, 1.82) is 0 Å². The Bertz CT molecular complexity index is 898. The van der Waals surface area contributed by atoms with Crippen LogP contribution in [0, 0.1) is 10.1 Å². The number of aliphatic carboxylic acids is 1. The number of hydrogen-bond acceptors (Lipinski definition) is 5. The molecule has 132 valence electrons. The highest BCUT2D eigenvalue weighted by molar-refractivity contribution is 7.92. The molecular weight excluding hydrogens is 372 g/mol. The van der Waals surface area contributed by atoms with E-state index in [0.29, 0.717) is 5.02 Å².